The van der Waals surface area contributed by atoms with Crippen molar-refractivity contribution in [3.05, 3.63) is 60.1 Å². The number of hydrogen-bond acceptors (Lipinski definition) is 2. The maximum absolute atomic E-state index is 5.36. The molecule has 0 N–H and O–H groups in total. The van der Waals surface area contributed by atoms with Gasteiger partial charge < -0.3 is 4.42 Å². The fraction of sp³-hybridized carbons (Fsp3) is 0.267. The van der Waals surface area contributed by atoms with Crippen LogP contribution >= 0.6 is 12.2 Å². The number of rotatable bonds is 6. The lowest BCUT2D eigenvalue weighted by atomic mass is 10.1. The number of furan rings is 1. The normalized spacial score (nSPS) is 10.4. The van der Waals surface area contributed by atoms with E-state index in [4.69, 9.17) is 16.6 Å². The van der Waals surface area contributed by atoms with Crippen LogP contribution in [0.2, 0.25) is 0 Å². The summed E-state index contributed by atoms with van der Waals surface area (Å²) in [6.45, 7) is 0. The summed E-state index contributed by atoms with van der Waals surface area (Å²) in [5.74, 6) is 0.967. The Hall–Kier alpha value is -1.41. The standard InChI is InChI=1S/C15H16OS/c17-15(12-14-9-5-11-16-14)10-4-8-13-6-2-1-3-7-13/h1-3,5-7,9,11H,4,8,10,12H2. The molecule has 0 radical (unpaired) electrons. The largest absolute Gasteiger partial charge is 0.469 e. The van der Waals surface area contributed by atoms with E-state index >= 15 is 0 Å². The van der Waals surface area contributed by atoms with Crippen LogP contribution in [0.3, 0.4) is 0 Å². The lowest BCUT2D eigenvalue weighted by molar-refractivity contribution is 0.526. The molecule has 2 heteroatoms. The molecule has 0 unspecified atom stereocenters. The van der Waals surface area contributed by atoms with Gasteiger partial charge in [-0.05, 0) is 37.0 Å². The second-order valence-electron chi connectivity index (χ2n) is 4.13. The molecule has 0 amide bonds. The molecule has 0 aliphatic rings. The molecule has 0 aliphatic carbocycles. The SMILES string of the molecule is S=C(CCCc1ccccc1)Cc1ccco1. The summed E-state index contributed by atoms with van der Waals surface area (Å²) >= 11 is 5.36. The molecule has 1 aromatic carbocycles. The molecule has 2 rings (SSSR count). The maximum atomic E-state index is 5.36. The van der Waals surface area contributed by atoms with Crippen molar-refractivity contribution in [3.8, 4) is 0 Å². The van der Waals surface area contributed by atoms with Gasteiger partial charge in [0.15, 0.2) is 0 Å². The lowest BCUT2D eigenvalue weighted by Crippen LogP contribution is -1.99. The molecule has 0 fully saturated rings. The number of benzene rings is 1. The Morgan fingerprint density at radius 1 is 1.06 bits per heavy atom. The van der Waals surface area contributed by atoms with Crippen molar-refractivity contribution in [2.75, 3.05) is 0 Å². The van der Waals surface area contributed by atoms with Crippen LogP contribution in [0.4, 0.5) is 0 Å². The van der Waals surface area contributed by atoms with Gasteiger partial charge in [-0.3, -0.25) is 0 Å². The first-order chi connectivity index (χ1) is 8.34. The third-order valence-corrected chi connectivity index (χ3v) is 3.06. The minimum atomic E-state index is 0.789. The van der Waals surface area contributed by atoms with E-state index in [2.05, 4.69) is 24.3 Å². The molecule has 2 aromatic rings. The molecule has 1 aromatic heterocycles. The van der Waals surface area contributed by atoms with E-state index in [1.54, 1.807) is 6.26 Å². The molecule has 0 atom stereocenters. The third kappa shape index (κ3) is 4.16. The van der Waals surface area contributed by atoms with Crippen molar-refractivity contribution in [2.24, 2.45) is 0 Å². The summed E-state index contributed by atoms with van der Waals surface area (Å²) in [6, 6.07) is 14.4. The zero-order valence-electron chi connectivity index (χ0n) is 9.76. The highest BCUT2D eigenvalue weighted by molar-refractivity contribution is 7.80. The highest BCUT2D eigenvalue weighted by Gasteiger charge is 2.02. The number of aryl methyl sites for hydroxylation is 1. The number of thiocarbonyl (C=S) groups is 1. The Balaban J connectivity index is 1.70. The highest BCUT2D eigenvalue weighted by Crippen LogP contribution is 2.09. The summed E-state index contributed by atoms with van der Waals surface area (Å²) in [5.41, 5.74) is 1.38. The van der Waals surface area contributed by atoms with Gasteiger partial charge in [0.25, 0.3) is 0 Å². The average Bonchev–Trinajstić information content (AvgIpc) is 2.83. The van der Waals surface area contributed by atoms with Gasteiger partial charge in [-0.25, -0.2) is 0 Å². The topological polar surface area (TPSA) is 13.1 Å². The van der Waals surface area contributed by atoms with Crippen molar-refractivity contribution in [3.63, 3.8) is 0 Å². The summed E-state index contributed by atoms with van der Waals surface area (Å²) in [4.78, 5) is 1.08. The smallest absolute Gasteiger partial charge is 0.108 e. The first-order valence-electron chi connectivity index (χ1n) is 5.92. The molecule has 88 valence electrons. The van der Waals surface area contributed by atoms with E-state index in [0.717, 1.165) is 36.3 Å². The molecule has 0 saturated carbocycles. The summed E-state index contributed by atoms with van der Waals surface area (Å²) in [6.07, 6.45) is 5.69. The van der Waals surface area contributed by atoms with E-state index in [0.29, 0.717) is 0 Å². The van der Waals surface area contributed by atoms with Crippen LogP contribution in [0.5, 0.6) is 0 Å². The van der Waals surface area contributed by atoms with Crippen LogP contribution in [0.1, 0.15) is 24.2 Å². The van der Waals surface area contributed by atoms with Gasteiger partial charge in [0.05, 0.1) is 6.26 Å². The molecule has 1 heterocycles. The molecular formula is C15H16OS. The monoisotopic (exact) mass is 244 g/mol. The van der Waals surface area contributed by atoms with Crippen molar-refractivity contribution in [1.29, 1.82) is 0 Å². The van der Waals surface area contributed by atoms with Crippen LogP contribution in [0.15, 0.2) is 53.1 Å². The molecule has 0 aliphatic heterocycles. The molecule has 17 heavy (non-hydrogen) atoms. The van der Waals surface area contributed by atoms with Crippen molar-refractivity contribution in [1.82, 2.24) is 0 Å². The minimum Gasteiger partial charge on any atom is -0.469 e. The second kappa shape index (κ2) is 6.36. The van der Waals surface area contributed by atoms with E-state index < -0.39 is 0 Å². The summed E-state index contributed by atoms with van der Waals surface area (Å²) in [7, 11) is 0. The minimum absolute atomic E-state index is 0.789. The van der Waals surface area contributed by atoms with Gasteiger partial charge in [-0.1, -0.05) is 42.5 Å². The van der Waals surface area contributed by atoms with Crippen LogP contribution in [0, 0.1) is 0 Å². The third-order valence-electron chi connectivity index (χ3n) is 2.72. The predicted octanol–water partition coefficient (Wildman–Crippen LogP) is 4.21. The van der Waals surface area contributed by atoms with E-state index in [1.807, 2.05) is 18.2 Å². The van der Waals surface area contributed by atoms with E-state index in [1.165, 1.54) is 5.56 Å². The quantitative estimate of drug-likeness (QED) is 0.706. The molecule has 1 nitrogen and oxygen atoms in total. The molecule has 0 bridgehead atoms. The Morgan fingerprint density at radius 3 is 2.59 bits per heavy atom. The van der Waals surface area contributed by atoms with Crippen LogP contribution in [0.25, 0.3) is 0 Å². The Bertz CT molecular complexity index is 445. The van der Waals surface area contributed by atoms with Crippen molar-refractivity contribution >= 4 is 17.1 Å². The Kier molecular flexibility index (Phi) is 4.51. The van der Waals surface area contributed by atoms with Gasteiger partial charge in [0, 0.05) is 11.3 Å². The first-order valence-corrected chi connectivity index (χ1v) is 6.33. The molecular weight excluding hydrogens is 228 g/mol. The van der Waals surface area contributed by atoms with E-state index in [-0.39, 0.29) is 0 Å². The predicted molar refractivity (Wildman–Crippen MR) is 74.4 cm³/mol. The Labute approximate surface area is 107 Å². The van der Waals surface area contributed by atoms with Crippen LogP contribution in [-0.2, 0) is 12.8 Å². The van der Waals surface area contributed by atoms with Gasteiger partial charge in [0.1, 0.15) is 5.76 Å². The fourth-order valence-electron chi connectivity index (χ4n) is 1.83. The van der Waals surface area contributed by atoms with Crippen molar-refractivity contribution < 1.29 is 4.42 Å². The Morgan fingerprint density at radius 2 is 1.88 bits per heavy atom. The maximum Gasteiger partial charge on any atom is 0.108 e. The second-order valence-corrected chi connectivity index (χ2v) is 4.71. The fourth-order valence-corrected chi connectivity index (χ4v) is 2.12. The van der Waals surface area contributed by atoms with Crippen molar-refractivity contribution in [2.45, 2.75) is 25.7 Å². The van der Waals surface area contributed by atoms with Gasteiger partial charge in [-0.15, -0.1) is 0 Å². The van der Waals surface area contributed by atoms with E-state index in [9.17, 15) is 0 Å². The van der Waals surface area contributed by atoms with Gasteiger partial charge in [-0.2, -0.15) is 0 Å². The van der Waals surface area contributed by atoms with Crippen LogP contribution < -0.4 is 0 Å². The summed E-state index contributed by atoms with van der Waals surface area (Å²) < 4.78 is 5.28. The van der Waals surface area contributed by atoms with Crippen LogP contribution in [-0.4, -0.2) is 4.86 Å². The lowest BCUT2D eigenvalue weighted by Gasteiger charge is -2.02. The number of hydrogen-bond donors (Lipinski definition) is 0. The molecule has 0 spiro atoms. The summed E-state index contributed by atoms with van der Waals surface area (Å²) in [5, 5.41) is 0. The van der Waals surface area contributed by atoms with Gasteiger partial charge in [0.2, 0.25) is 0 Å². The zero-order chi connectivity index (χ0) is 11.9. The van der Waals surface area contributed by atoms with Gasteiger partial charge >= 0.3 is 0 Å². The highest BCUT2D eigenvalue weighted by atomic mass is 32.1. The zero-order valence-corrected chi connectivity index (χ0v) is 10.6. The first kappa shape index (κ1) is 12.1. The average molecular weight is 244 g/mol. The molecule has 0 saturated heterocycles.